The number of rotatable bonds is 10. The molecule has 2 rings (SSSR count). The summed E-state index contributed by atoms with van der Waals surface area (Å²) in [6.45, 7) is 10.6. The SMILES string of the molecule is CCOc1ccccc1N(CC(=O)NCCSC(C)(C)C)S(=O)(=O)c1ccc(C)cc1. The molecule has 0 spiro atoms. The highest BCUT2D eigenvalue weighted by atomic mass is 32.2. The number of carbonyl (C=O) groups is 1. The molecule has 0 aromatic heterocycles. The molecule has 0 aliphatic heterocycles. The number of nitrogens with zero attached hydrogens (tertiary/aromatic N) is 1. The molecule has 31 heavy (non-hydrogen) atoms. The third-order valence-electron chi connectivity index (χ3n) is 4.29. The van der Waals surface area contributed by atoms with E-state index in [1.54, 1.807) is 60.3 Å². The van der Waals surface area contributed by atoms with Crippen LogP contribution in [0.1, 0.15) is 33.3 Å². The summed E-state index contributed by atoms with van der Waals surface area (Å²) >= 11 is 1.74. The quantitative estimate of drug-likeness (QED) is 0.533. The third kappa shape index (κ3) is 7.47. The van der Waals surface area contributed by atoms with Crippen molar-refractivity contribution in [3.63, 3.8) is 0 Å². The van der Waals surface area contributed by atoms with Crippen LogP contribution < -0.4 is 14.4 Å². The van der Waals surface area contributed by atoms with Crippen molar-refractivity contribution in [2.75, 3.05) is 29.8 Å². The molecule has 1 N–H and O–H groups in total. The number of nitrogens with one attached hydrogen (secondary N) is 1. The lowest BCUT2D eigenvalue weighted by molar-refractivity contribution is -0.119. The van der Waals surface area contributed by atoms with Crippen LogP contribution in [0.4, 0.5) is 5.69 Å². The Hall–Kier alpha value is -2.19. The minimum atomic E-state index is -3.97. The molecule has 0 saturated carbocycles. The number of amides is 1. The molecule has 0 atom stereocenters. The van der Waals surface area contributed by atoms with Crippen molar-refractivity contribution in [2.24, 2.45) is 0 Å². The minimum absolute atomic E-state index is 0.0992. The van der Waals surface area contributed by atoms with Gasteiger partial charge in [0.2, 0.25) is 5.91 Å². The average molecular weight is 465 g/mol. The standard InChI is InChI=1S/C23H32N2O4S2/c1-6-29-21-10-8-7-9-20(21)25(17-22(26)24-15-16-30-23(3,4)5)31(27,28)19-13-11-18(2)12-14-19/h7-14H,6,15-17H2,1-5H3,(H,24,26). The molecule has 6 nitrogen and oxygen atoms in total. The average Bonchev–Trinajstić information content (AvgIpc) is 2.70. The Labute approximate surface area is 190 Å². The molecule has 0 aliphatic carbocycles. The van der Waals surface area contributed by atoms with Crippen molar-refractivity contribution in [2.45, 2.75) is 44.3 Å². The molecular weight excluding hydrogens is 432 g/mol. The summed E-state index contributed by atoms with van der Waals surface area (Å²) in [6.07, 6.45) is 0. The molecule has 1 amide bonds. The Morgan fingerprint density at radius 3 is 2.35 bits per heavy atom. The largest absolute Gasteiger partial charge is 0.492 e. The van der Waals surface area contributed by atoms with Crippen molar-refractivity contribution >= 4 is 33.4 Å². The molecule has 0 saturated heterocycles. The van der Waals surface area contributed by atoms with Gasteiger partial charge in [-0.2, -0.15) is 11.8 Å². The Bertz CT molecular complexity index is 968. The second-order valence-electron chi connectivity index (χ2n) is 8.04. The van der Waals surface area contributed by atoms with Gasteiger partial charge in [-0.05, 0) is 38.1 Å². The van der Waals surface area contributed by atoms with Gasteiger partial charge in [-0.25, -0.2) is 8.42 Å². The van der Waals surface area contributed by atoms with Crippen LogP contribution in [-0.2, 0) is 14.8 Å². The van der Waals surface area contributed by atoms with Crippen LogP contribution in [0.15, 0.2) is 53.4 Å². The highest BCUT2D eigenvalue weighted by molar-refractivity contribution is 8.00. The molecule has 170 valence electrons. The van der Waals surface area contributed by atoms with Crippen molar-refractivity contribution in [3.05, 3.63) is 54.1 Å². The van der Waals surface area contributed by atoms with Crippen LogP contribution in [0.2, 0.25) is 0 Å². The van der Waals surface area contributed by atoms with E-state index in [4.69, 9.17) is 4.74 Å². The van der Waals surface area contributed by atoms with Crippen molar-refractivity contribution < 1.29 is 17.9 Å². The molecule has 0 bridgehead atoms. The van der Waals surface area contributed by atoms with Gasteiger partial charge in [0.15, 0.2) is 0 Å². The van der Waals surface area contributed by atoms with Crippen LogP contribution >= 0.6 is 11.8 Å². The van der Waals surface area contributed by atoms with E-state index < -0.39 is 10.0 Å². The van der Waals surface area contributed by atoms with Crippen LogP contribution in [0.25, 0.3) is 0 Å². The van der Waals surface area contributed by atoms with E-state index in [9.17, 15) is 13.2 Å². The summed E-state index contributed by atoms with van der Waals surface area (Å²) in [4.78, 5) is 12.8. The predicted octanol–water partition coefficient (Wildman–Crippen LogP) is 4.24. The third-order valence-corrected chi connectivity index (χ3v) is 7.34. The van der Waals surface area contributed by atoms with Crippen molar-refractivity contribution in [1.29, 1.82) is 0 Å². The zero-order chi connectivity index (χ0) is 23.1. The number of aryl methyl sites for hydroxylation is 1. The number of hydrogen-bond donors (Lipinski definition) is 1. The summed E-state index contributed by atoms with van der Waals surface area (Å²) in [5, 5.41) is 2.83. The lowest BCUT2D eigenvalue weighted by Crippen LogP contribution is -2.41. The van der Waals surface area contributed by atoms with Gasteiger partial charge in [0.05, 0.1) is 17.2 Å². The second-order valence-corrected chi connectivity index (χ2v) is 11.8. The van der Waals surface area contributed by atoms with Crippen LogP contribution in [0, 0.1) is 6.92 Å². The van der Waals surface area contributed by atoms with Crippen LogP contribution in [0.3, 0.4) is 0 Å². The van der Waals surface area contributed by atoms with Gasteiger partial charge in [0.25, 0.3) is 10.0 Å². The molecular formula is C23H32N2O4S2. The molecule has 0 aliphatic rings. The molecule has 0 unspecified atom stereocenters. The summed E-state index contributed by atoms with van der Waals surface area (Å²) < 4.78 is 33.8. The highest BCUT2D eigenvalue weighted by Gasteiger charge is 2.29. The number of sulfonamides is 1. The Morgan fingerprint density at radius 1 is 1.10 bits per heavy atom. The number of ether oxygens (including phenoxy) is 1. The number of hydrogen-bond acceptors (Lipinski definition) is 5. The van der Waals surface area contributed by atoms with Gasteiger partial charge >= 0.3 is 0 Å². The van der Waals surface area contributed by atoms with E-state index in [2.05, 4.69) is 26.1 Å². The number of benzene rings is 2. The minimum Gasteiger partial charge on any atom is -0.492 e. The summed E-state index contributed by atoms with van der Waals surface area (Å²) in [5.74, 6) is 0.795. The first-order valence-corrected chi connectivity index (χ1v) is 12.7. The number of para-hydroxylation sites is 2. The topological polar surface area (TPSA) is 75.7 Å². The fraction of sp³-hybridized carbons (Fsp3) is 0.435. The van der Waals surface area contributed by atoms with E-state index in [0.717, 1.165) is 15.6 Å². The number of carbonyl (C=O) groups excluding carboxylic acids is 1. The fourth-order valence-electron chi connectivity index (χ4n) is 2.81. The van der Waals surface area contributed by atoms with E-state index in [1.807, 2.05) is 13.8 Å². The molecule has 2 aromatic rings. The van der Waals surface area contributed by atoms with Gasteiger partial charge in [-0.15, -0.1) is 0 Å². The lowest BCUT2D eigenvalue weighted by Gasteiger charge is -2.26. The maximum Gasteiger partial charge on any atom is 0.264 e. The maximum atomic E-state index is 13.5. The van der Waals surface area contributed by atoms with Gasteiger partial charge in [0.1, 0.15) is 12.3 Å². The Kier molecular flexibility index (Phi) is 8.82. The van der Waals surface area contributed by atoms with Crippen LogP contribution in [0.5, 0.6) is 5.75 Å². The predicted molar refractivity (Wildman–Crippen MR) is 129 cm³/mol. The summed E-state index contributed by atoms with van der Waals surface area (Å²) in [5.41, 5.74) is 1.29. The van der Waals surface area contributed by atoms with E-state index >= 15 is 0 Å². The normalized spacial score (nSPS) is 11.8. The van der Waals surface area contributed by atoms with Gasteiger partial charge in [-0.3, -0.25) is 9.10 Å². The smallest absolute Gasteiger partial charge is 0.264 e. The first kappa shape index (κ1) is 25.1. The van der Waals surface area contributed by atoms with Gasteiger partial charge in [-0.1, -0.05) is 50.6 Å². The second kappa shape index (κ2) is 10.9. The summed E-state index contributed by atoms with van der Waals surface area (Å²) in [7, 11) is -3.97. The number of anilines is 1. The monoisotopic (exact) mass is 464 g/mol. The Balaban J connectivity index is 2.31. The van der Waals surface area contributed by atoms with Gasteiger partial charge in [0, 0.05) is 17.0 Å². The lowest BCUT2D eigenvalue weighted by atomic mass is 10.2. The van der Waals surface area contributed by atoms with Crippen molar-refractivity contribution in [1.82, 2.24) is 5.32 Å². The zero-order valence-electron chi connectivity index (χ0n) is 18.8. The maximum absolute atomic E-state index is 13.5. The van der Waals surface area contributed by atoms with E-state index in [-0.39, 0.29) is 22.1 Å². The highest BCUT2D eigenvalue weighted by Crippen LogP contribution is 2.32. The molecule has 8 heteroatoms. The van der Waals surface area contributed by atoms with E-state index in [1.165, 1.54) is 0 Å². The van der Waals surface area contributed by atoms with E-state index in [0.29, 0.717) is 24.6 Å². The zero-order valence-corrected chi connectivity index (χ0v) is 20.5. The number of thioether (sulfide) groups is 1. The first-order chi connectivity index (χ1) is 14.5. The van der Waals surface area contributed by atoms with Crippen LogP contribution in [-0.4, -0.2) is 44.5 Å². The molecule has 0 heterocycles. The molecule has 2 aromatic carbocycles. The summed E-state index contributed by atoms with van der Waals surface area (Å²) in [6, 6.07) is 13.4. The van der Waals surface area contributed by atoms with Gasteiger partial charge < -0.3 is 10.1 Å². The molecule has 0 radical (unpaired) electrons. The van der Waals surface area contributed by atoms with Crippen molar-refractivity contribution in [3.8, 4) is 5.75 Å². The Morgan fingerprint density at radius 2 is 1.74 bits per heavy atom. The first-order valence-electron chi connectivity index (χ1n) is 10.3. The molecule has 0 fully saturated rings. The fourth-order valence-corrected chi connectivity index (χ4v) is 5.06.